The molecule has 0 heterocycles. The second-order valence-electron chi connectivity index (χ2n) is 3.44. The van der Waals surface area contributed by atoms with Crippen LogP contribution >= 0.6 is 0 Å². The summed E-state index contributed by atoms with van der Waals surface area (Å²) in [5.74, 6) is 1.82. The van der Waals surface area contributed by atoms with Crippen LogP contribution in [-0.2, 0) is 0 Å². The van der Waals surface area contributed by atoms with Crippen LogP contribution in [0.25, 0.3) is 0 Å². The molecule has 0 radical (unpaired) electrons. The van der Waals surface area contributed by atoms with Crippen LogP contribution in [0.4, 0.5) is 0 Å². The summed E-state index contributed by atoms with van der Waals surface area (Å²) in [6, 6.07) is 2.36. The van der Waals surface area contributed by atoms with E-state index in [1.165, 1.54) is 6.42 Å². The first kappa shape index (κ1) is 5.97. The molecule has 0 aromatic carbocycles. The van der Waals surface area contributed by atoms with Gasteiger partial charge in [-0.25, -0.2) is 0 Å². The van der Waals surface area contributed by atoms with Gasteiger partial charge in [-0.1, -0.05) is 12.2 Å². The number of fused-ring (bicyclic) bond motifs is 2. The van der Waals surface area contributed by atoms with Crippen molar-refractivity contribution < 1.29 is 0 Å². The Morgan fingerprint density at radius 3 is 2.20 bits per heavy atom. The number of allylic oxidation sites excluding steroid dienone is 2. The van der Waals surface area contributed by atoms with Crippen LogP contribution in [0.5, 0.6) is 0 Å². The topological polar surface area (TPSA) is 23.8 Å². The standard InChI is InChI=1S/C9H11N/c10-6-9-4-7-1-2-8(3-7)5-9/h1-2,7-9H,3-5H2. The third-order valence-corrected chi connectivity index (χ3v) is 2.62. The third-order valence-electron chi connectivity index (χ3n) is 2.62. The van der Waals surface area contributed by atoms with Crippen molar-refractivity contribution in [1.29, 1.82) is 5.26 Å². The Hall–Kier alpha value is -0.770. The van der Waals surface area contributed by atoms with E-state index in [2.05, 4.69) is 18.2 Å². The fraction of sp³-hybridized carbons (Fsp3) is 0.667. The van der Waals surface area contributed by atoms with Gasteiger partial charge < -0.3 is 0 Å². The fourth-order valence-corrected chi connectivity index (χ4v) is 2.14. The van der Waals surface area contributed by atoms with E-state index in [-0.39, 0.29) is 0 Å². The molecule has 0 spiro atoms. The molecule has 10 heavy (non-hydrogen) atoms. The summed E-state index contributed by atoms with van der Waals surface area (Å²) in [5.41, 5.74) is 0. The molecule has 2 atom stereocenters. The van der Waals surface area contributed by atoms with E-state index in [1.807, 2.05) is 0 Å². The van der Waals surface area contributed by atoms with E-state index in [1.54, 1.807) is 0 Å². The summed E-state index contributed by atoms with van der Waals surface area (Å²) in [4.78, 5) is 0. The predicted molar refractivity (Wildman–Crippen MR) is 39.1 cm³/mol. The molecule has 1 nitrogen and oxygen atoms in total. The van der Waals surface area contributed by atoms with E-state index >= 15 is 0 Å². The van der Waals surface area contributed by atoms with Gasteiger partial charge in [0.15, 0.2) is 0 Å². The van der Waals surface area contributed by atoms with Gasteiger partial charge in [0.1, 0.15) is 0 Å². The molecule has 0 aliphatic heterocycles. The van der Waals surface area contributed by atoms with E-state index in [9.17, 15) is 0 Å². The lowest BCUT2D eigenvalue weighted by atomic mass is 9.81. The smallest absolute Gasteiger partial charge is 0.0656 e. The first-order valence-electron chi connectivity index (χ1n) is 3.96. The molecule has 2 bridgehead atoms. The third kappa shape index (κ3) is 0.844. The number of nitriles is 1. The SMILES string of the molecule is N#CC1CC2C=CC(C1)C2. The van der Waals surface area contributed by atoms with Gasteiger partial charge in [0.25, 0.3) is 0 Å². The highest BCUT2D eigenvalue weighted by atomic mass is 14.4. The number of nitrogens with zero attached hydrogens (tertiary/aromatic N) is 1. The van der Waals surface area contributed by atoms with Crippen molar-refractivity contribution in [2.45, 2.75) is 19.3 Å². The highest BCUT2D eigenvalue weighted by Gasteiger charge is 2.29. The molecule has 0 N–H and O–H groups in total. The Kier molecular flexibility index (Phi) is 1.27. The lowest BCUT2D eigenvalue weighted by Gasteiger charge is -2.22. The minimum atomic E-state index is 0.346. The normalized spacial score (nSPS) is 43.3. The van der Waals surface area contributed by atoms with Gasteiger partial charge in [0.2, 0.25) is 0 Å². The Balaban J connectivity index is 2.09. The van der Waals surface area contributed by atoms with Gasteiger partial charge in [-0.15, -0.1) is 0 Å². The molecule has 52 valence electrons. The molecule has 1 fully saturated rings. The quantitative estimate of drug-likeness (QED) is 0.464. The Morgan fingerprint density at radius 2 is 1.70 bits per heavy atom. The van der Waals surface area contributed by atoms with Crippen molar-refractivity contribution in [3.63, 3.8) is 0 Å². The molecular formula is C9H11N. The van der Waals surface area contributed by atoms with Crippen LogP contribution in [0.2, 0.25) is 0 Å². The average Bonchev–Trinajstić information content (AvgIpc) is 2.30. The highest BCUT2D eigenvalue weighted by molar-refractivity contribution is 5.08. The van der Waals surface area contributed by atoms with Gasteiger partial charge in [-0.2, -0.15) is 5.26 Å². The second-order valence-corrected chi connectivity index (χ2v) is 3.44. The first-order valence-corrected chi connectivity index (χ1v) is 3.96. The largest absolute Gasteiger partial charge is 0.198 e. The monoisotopic (exact) mass is 133 g/mol. The lowest BCUT2D eigenvalue weighted by molar-refractivity contribution is 0.326. The zero-order valence-electron chi connectivity index (χ0n) is 5.96. The summed E-state index contributed by atoms with van der Waals surface area (Å²) < 4.78 is 0. The Labute approximate surface area is 61.4 Å². The van der Waals surface area contributed by atoms with Gasteiger partial charge in [-0.05, 0) is 31.1 Å². The number of hydrogen-bond donors (Lipinski definition) is 0. The summed E-state index contributed by atoms with van der Waals surface area (Å²) >= 11 is 0. The summed E-state index contributed by atoms with van der Waals surface area (Å²) in [6.45, 7) is 0. The lowest BCUT2D eigenvalue weighted by Crippen LogP contribution is -2.14. The maximum absolute atomic E-state index is 8.68. The number of rotatable bonds is 0. The van der Waals surface area contributed by atoms with Crippen LogP contribution in [-0.4, -0.2) is 0 Å². The van der Waals surface area contributed by atoms with E-state index in [0.29, 0.717) is 5.92 Å². The molecule has 0 aromatic rings. The van der Waals surface area contributed by atoms with Crippen LogP contribution in [0.15, 0.2) is 12.2 Å². The van der Waals surface area contributed by atoms with Crippen molar-refractivity contribution in [3.8, 4) is 6.07 Å². The summed E-state index contributed by atoms with van der Waals surface area (Å²) in [7, 11) is 0. The molecule has 0 aromatic heterocycles. The van der Waals surface area contributed by atoms with Crippen LogP contribution < -0.4 is 0 Å². The van der Waals surface area contributed by atoms with Gasteiger partial charge in [-0.3, -0.25) is 0 Å². The molecule has 1 saturated carbocycles. The summed E-state index contributed by atoms with van der Waals surface area (Å²) in [6.07, 6.45) is 8.13. The van der Waals surface area contributed by atoms with E-state index in [4.69, 9.17) is 5.26 Å². The number of hydrogen-bond acceptors (Lipinski definition) is 1. The summed E-state index contributed by atoms with van der Waals surface area (Å²) in [5, 5.41) is 8.68. The zero-order chi connectivity index (χ0) is 6.97. The van der Waals surface area contributed by atoms with E-state index in [0.717, 1.165) is 24.7 Å². The second kappa shape index (κ2) is 2.12. The van der Waals surface area contributed by atoms with Crippen molar-refractivity contribution in [1.82, 2.24) is 0 Å². The Morgan fingerprint density at radius 1 is 1.10 bits per heavy atom. The maximum Gasteiger partial charge on any atom is 0.0656 e. The molecule has 2 rings (SSSR count). The first-order chi connectivity index (χ1) is 4.88. The van der Waals surface area contributed by atoms with Crippen molar-refractivity contribution >= 4 is 0 Å². The van der Waals surface area contributed by atoms with Crippen LogP contribution in [0.1, 0.15) is 19.3 Å². The highest BCUT2D eigenvalue weighted by Crippen LogP contribution is 2.39. The molecule has 0 saturated heterocycles. The minimum Gasteiger partial charge on any atom is -0.198 e. The van der Waals surface area contributed by atoms with Crippen LogP contribution in [0.3, 0.4) is 0 Å². The molecule has 2 unspecified atom stereocenters. The van der Waals surface area contributed by atoms with Gasteiger partial charge in [0.05, 0.1) is 6.07 Å². The van der Waals surface area contributed by atoms with Crippen molar-refractivity contribution in [2.75, 3.05) is 0 Å². The minimum absolute atomic E-state index is 0.346. The predicted octanol–water partition coefficient (Wildman–Crippen LogP) is 2.11. The van der Waals surface area contributed by atoms with E-state index < -0.39 is 0 Å². The molecule has 2 aliphatic rings. The van der Waals surface area contributed by atoms with Gasteiger partial charge in [0, 0.05) is 5.92 Å². The fourth-order valence-electron chi connectivity index (χ4n) is 2.14. The maximum atomic E-state index is 8.68. The van der Waals surface area contributed by atoms with Crippen molar-refractivity contribution in [2.24, 2.45) is 17.8 Å². The molecule has 0 amide bonds. The molecular weight excluding hydrogens is 122 g/mol. The average molecular weight is 133 g/mol. The van der Waals surface area contributed by atoms with Crippen LogP contribution in [0, 0.1) is 29.1 Å². The van der Waals surface area contributed by atoms with Gasteiger partial charge >= 0.3 is 0 Å². The zero-order valence-corrected chi connectivity index (χ0v) is 5.96. The van der Waals surface area contributed by atoms with Crippen molar-refractivity contribution in [3.05, 3.63) is 12.2 Å². The molecule has 2 aliphatic carbocycles. The Bertz CT molecular complexity index is 185. The molecule has 1 heteroatoms.